The Morgan fingerprint density at radius 2 is 2.12 bits per heavy atom. The average molecular weight is 224 g/mol. The quantitative estimate of drug-likeness (QED) is 0.769. The number of pyridine rings is 1. The SMILES string of the molecule is CN(CCC(=O)O)C(=O)c1cncc(O)c1. The summed E-state index contributed by atoms with van der Waals surface area (Å²) in [6, 6.07) is 1.28. The zero-order valence-corrected chi connectivity index (χ0v) is 8.75. The number of aromatic nitrogens is 1. The third-order valence-corrected chi connectivity index (χ3v) is 1.98. The van der Waals surface area contributed by atoms with Crippen LogP contribution in [-0.2, 0) is 4.79 Å². The lowest BCUT2D eigenvalue weighted by Crippen LogP contribution is -2.29. The second-order valence-corrected chi connectivity index (χ2v) is 3.30. The second-order valence-electron chi connectivity index (χ2n) is 3.30. The highest BCUT2D eigenvalue weighted by Crippen LogP contribution is 2.10. The highest BCUT2D eigenvalue weighted by Gasteiger charge is 2.13. The molecule has 0 aliphatic carbocycles. The molecule has 6 heteroatoms. The van der Waals surface area contributed by atoms with E-state index in [-0.39, 0.29) is 30.2 Å². The van der Waals surface area contributed by atoms with Crippen molar-refractivity contribution >= 4 is 11.9 Å². The molecule has 0 bridgehead atoms. The van der Waals surface area contributed by atoms with E-state index in [2.05, 4.69) is 4.98 Å². The van der Waals surface area contributed by atoms with E-state index >= 15 is 0 Å². The molecule has 6 nitrogen and oxygen atoms in total. The van der Waals surface area contributed by atoms with Crippen molar-refractivity contribution in [3.8, 4) is 5.75 Å². The molecular formula is C10H12N2O4. The summed E-state index contributed by atoms with van der Waals surface area (Å²) in [5.41, 5.74) is 0.230. The van der Waals surface area contributed by atoms with Crippen molar-refractivity contribution in [2.24, 2.45) is 0 Å². The predicted octanol–water partition coefficient (Wildman–Crippen LogP) is 0.334. The van der Waals surface area contributed by atoms with Crippen LogP contribution in [0.1, 0.15) is 16.8 Å². The lowest BCUT2D eigenvalue weighted by atomic mass is 10.2. The molecule has 0 fully saturated rings. The Bertz CT molecular complexity index is 406. The minimum Gasteiger partial charge on any atom is -0.506 e. The standard InChI is InChI=1S/C10H12N2O4/c1-12(3-2-9(14)15)10(16)7-4-8(13)6-11-5-7/h4-6,13H,2-3H2,1H3,(H,14,15). The molecular weight excluding hydrogens is 212 g/mol. The number of nitrogens with zero attached hydrogens (tertiary/aromatic N) is 2. The van der Waals surface area contributed by atoms with Crippen LogP contribution in [0, 0.1) is 0 Å². The maximum atomic E-state index is 11.7. The van der Waals surface area contributed by atoms with Gasteiger partial charge in [0.05, 0.1) is 18.2 Å². The molecule has 1 heterocycles. The van der Waals surface area contributed by atoms with Gasteiger partial charge in [0.1, 0.15) is 5.75 Å². The van der Waals surface area contributed by atoms with Crippen molar-refractivity contribution in [2.75, 3.05) is 13.6 Å². The van der Waals surface area contributed by atoms with Crippen LogP contribution in [0.5, 0.6) is 5.75 Å². The van der Waals surface area contributed by atoms with Crippen LogP contribution in [0.15, 0.2) is 18.5 Å². The highest BCUT2D eigenvalue weighted by molar-refractivity contribution is 5.94. The van der Waals surface area contributed by atoms with Crippen molar-refractivity contribution in [3.63, 3.8) is 0 Å². The van der Waals surface area contributed by atoms with Gasteiger partial charge in [-0.25, -0.2) is 0 Å². The fourth-order valence-corrected chi connectivity index (χ4v) is 1.13. The fourth-order valence-electron chi connectivity index (χ4n) is 1.13. The summed E-state index contributed by atoms with van der Waals surface area (Å²) in [6.45, 7) is 0.115. The van der Waals surface area contributed by atoms with E-state index in [1.807, 2.05) is 0 Å². The number of carboxylic acid groups (broad SMARTS) is 1. The number of hydrogen-bond donors (Lipinski definition) is 2. The molecule has 0 aliphatic heterocycles. The van der Waals surface area contributed by atoms with Crippen molar-refractivity contribution in [1.82, 2.24) is 9.88 Å². The van der Waals surface area contributed by atoms with E-state index in [9.17, 15) is 9.59 Å². The van der Waals surface area contributed by atoms with Crippen LogP contribution >= 0.6 is 0 Å². The molecule has 0 aliphatic rings. The molecule has 0 unspecified atom stereocenters. The summed E-state index contributed by atoms with van der Waals surface area (Å²) in [4.78, 5) is 27.0. The Kier molecular flexibility index (Phi) is 3.82. The Hall–Kier alpha value is -2.11. The molecule has 0 spiro atoms. The third kappa shape index (κ3) is 3.23. The molecule has 0 radical (unpaired) electrons. The first-order valence-electron chi connectivity index (χ1n) is 4.62. The van der Waals surface area contributed by atoms with Gasteiger partial charge in [0.25, 0.3) is 5.91 Å². The molecule has 1 amide bonds. The summed E-state index contributed by atoms with van der Waals surface area (Å²) in [6.07, 6.45) is 2.42. The molecule has 0 saturated heterocycles. The molecule has 0 atom stereocenters. The largest absolute Gasteiger partial charge is 0.506 e. The van der Waals surface area contributed by atoms with Gasteiger partial charge in [0.15, 0.2) is 0 Å². The van der Waals surface area contributed by atoms with Gasteiger partial charge in [-0.2, -0.15) is 0 Å². The minimum atomic E-state index is -0.964. The van der Waals surface area contributed by atoms with Gasteiger partial charge in [0.2, 0.25) is 0 Å². The maximum absolute atomic E-state index is 11.7. The molecule has 16 heavy (non-hydrogen) atoms. The third-order valence-electron chi connectivity index (χ3n) is 1.98. The summed E-state index contributed by atoms with van der Waals surface area (Å²) >= 11 is 0. The Morgan fingerprint density at radius 1 is 1.44 bits per heavy atom. The fraction of sp³-hybridized carbons (Fsp3) is 0.300. The summed E-state index contributed by atoms with van der Waals surface area (Å²) in [5, 5.41) is 17.6. The normalized spacial score (nSPS) is 9.81. The molecule has 2 N–H and O–H groups in total. The molecule has 0 saturated carbocycles. The minimum absolute atomic E-state index is 0.0996. The monoisotopic (exact) mass is 224 g/mol. The number of amides is 1. The summed E-state index contributed by atoms with van der Waals surface area (Å²) in [7, 11) is 1.50. The Labute approximate surface area is 92.1 Å². The van der Waals surface area contributed by atoms with Crippen LogP contribution in [0.4, 0.5) is 0 Å². The van der Waals surface area contributed by atoms with E-state index in [4.69, 9.17) is 10.2 Å². The number of rotatable bonds is 4. The van der Waals surface area contributed by atoms with Gasteiger partial charge in [-0.05, 0) is 6.07 Å². The molecule has 1 aromatic rings. The van der Waals surface area contributed by atoms with E-state index in [1.165, 1.54) is 30.4 Å². The van der Waals surface area contributed by atoms with Crippen LogP contribution in [0.25, 0.3) is 0 Å². The summed E-state index contributed by atoms with van der Waals surface area (Å²) < 4.78 is 0. The van der Waals surface area contributed by atoms with Crippen LogP contribution < -0.4 is 0 Å². The zero-order valence-electron chi connectivity index (χ0n) is 8.75. The number of aliphatic carboxylic acids is 1. The number of hydrogen-bond acceptors (Lipinski definition) is 4. The summed E-state index contributed by atoms with van der Waals surface area (Å²) in [5.74, 6) is -1.43. The van der Waals surface area contributed by atoms with Gasteiger partial charge in [0, 0.05) is 19.8 Å². The molecule has 86 valence electrons. The topological polar surface area (TPSA) is 90.7 Å². The van der Waals surface area contributed by atoms with E-state index in [0.717, 1.165) is 0 Å². The lowest BCUT2D eigenvalue weighted by molar-refractivity contribution is -0.137. The van der Waals surface area contributed by atoms with Crippen molar-refractivity contribution in [3.05, 3.63) is 24.0 Å². The molecule has 1 rings (SSSR count). The van der Waals surface area contributed by atoms with Crippen molar-refractivity contribution < 1.29 is 19.8 Å². The van der Waals surface area contributed by atoms with E-state index in [1.54, 1.807) is 0 Å². The average Bonchev–Trinajstić information content (AvgIpc) is 2.24. The Morgan fingerprint density at radius 3 is 2.69 bits per heavy atom. The maximum Gasteiger partial charge on any atom is 0.305 e. The van der Waals surface area contributed by atoms with Gasteiger partial charge in [-0.15, -0.1) is 0 Å². The Balaban J connectivity index is 2.67. The predicted molar refractivity (Wildman–Crippen MR) is 55.1 cm³/mol. The number of aromatic hydroxyl groups is 1. The second kappa shape index (κ2) is 5.11. The van der Waals surface area contributed by atoms with Crippen molar-refractivity contribution in [1.29, 1.82) is 0 Å². The lowest BCUT2D eigenvalue weighted by Gasteiger charge is -2.15. The molecule has 1 aromatic heterocycles. The number of carbonyl (C=O) groups excluding carboxylic acids is 1. The number of carbonyl (C=O) groups is 2. The van der Waals surface area contributed by atoms with Gasteiger partial charge >= 0.3 is 5.97 Å². The molecule has 0 aromatic carbocycles. The van der Waals surface area contributed by atoms with Gasteiger partial charge in [-0.1, -0.05) is 0 Å². The van der Waals surface area contributed by atoms with E-state index < -0.39 is 5.97 Å². The van der Waals surface area contributed by atoms with Gasteiger partial charge < -0.3 is 15.1 Å². The smallest absolute Gasteiger partial charge is 0.305 e. The first kappa shape index (κ1) is 12.0. The van der Waals surface area contributed by atoms with Crippen LogP contribution in [0.2, 0.25) is 0 Å². The van der Waals surface area contributed by atoms with Crippen LogP contribution in [-0.4, -0.2) is 45.6 Å². The van der Waals surface area contributed by atoms with Crippen molar-refractivity contribution in [2.45, 2.75) is 6.42 Å². The number of carboxylic acids is 1. The first-order chi connectivity index (χ1) is 7.50. The van der Waals surface area contributed by atoms with E-state index in [0.29, 0.717) is 0 Å². The van der Waals surface area contributed by atoms with Crippen LogP contribution in [0.3, 0.4) is 0 Å². The first-order valence-corrected chi connectivity index (χ1v) is 4.62. The zero-order chi connectivity index (χ0) is 12.1. The highest BCUT2D eigenvalue weighted by atomic mass is 16.4. The van der Waals surface area contributed by atoms with Gasteiger partial charge in [-0.3, -0.25) is 14.6 Å².